The van der Waals surface area contributed by atoms with Crippen molar-refractivity contribution in [3.63, 3.8) is 0 Å². The molecule has 6 heteroatoms. The Hall–Kier alpha value is -1.40. The first-order valence-electron chi connectivity index (χ1n) is 7.87. The van der Waals surface area contributed by atoms with Crippen LogP contribution in [0.4, 0.5) is 0 Å². The molecule has 1 unspecified atom stereocenters. The average molecular weight is 361 g/mol. The molecule has 22 heavy (non-hydrogen) atoms. The summed E-state index contributed by atoms with van der Waals surface area (Å²) in [4.78, 5) is 17.7. The maximum absolute atomic E-state index is 13.1. The predicted molar refractivity (Wildman–Crippen MR) is 86.7 cm³/mol. The van der Waals surface area contributed by atoms with Crippen LogP contribution in [0, 0.1) is 11.8 Å². The van der Waals surface area contributed by atoms with E-state index in [9.17, 15) is 4.79 Å². The number of benzene rings is 1. The third-order valence-electron chi connectivity index (χ3n) is 5.64. The van der Waals surface area contributed by atoms with Gasteiger partial charge in [-0.25, -0.2) is 0 Å². The first kappa shape index (κ1) is 13.1. The third-order valence-corrected chi connectivity index (χ3v) is 6.13. The van der Waals surface area contributed by atoms with Gasteiger partial charge in [0.15, 0.2) is 5.69 Å². The van der Waals surface area contributed by atoms with E-state index in [1.165, 1.54) is 13.0 Å². The van der Waals surface area contributed by atoms with Crippen LogP contribution in [0.15, 0.2) is 22.7 Å². The molecule has 0 spiro atoms. The minimum absolute atomic E-state index is 0.0885. The monoisotopic (exact) mass is 360 g/mol. The van der Waals surface area contributed by atoms with E-state index in [1.54, 1.807) is 0 Å². The number of hydrogen-bond acceptors (Lipinski definition) is 3. The number of carbonyl (C=O) groups is 1. The fourth-order valence-electron chi connectivity index (χ4n) is 4.63. The lowest BCUT2D eigenvalue weighted by Gasteiger charge is -2.44. The van der Waals surface area contributed by atoms with E-state index < -0.39 is 0 Å². The van der Waals surface area contributed by atoms with E-state index in [0.717, 1.165) is 35.0 Å². The summed E-state index contributed by atoms with van der Waals surface area (Å²) in [6.45, 7) is 4.31. The maximum atomic E-state index is 13.1. The summed E-state index contributed by atoms with van der Waals surface area (Å²) < 4.78 is 0.973. The highest BCUT2D eigenvalue weighted by Crippen LogP contribution is 2.42. The summed E-state index contributed by atoms with van der Waals surface area (Å²) in [6, 6.07) is 6.28. The van der Waals surface area contributed by atoms with Gasteiger partial charge in [-0.1, -0.05) is 15.9 Å². The molecule has 4 atom stereocenters. The number of piperidine rings is 3. The average Bonchev–Trinajstić information content (AvgIpc) is 3.06. The smallest absolute Gasteiger partial charge is 0.275 e. The molecule has 5 nitrogen and oxygen atoms in total. The van der Waals surface area contributed by atoms with Gasteiger partial charge in [0.25, 0.3) is 5.91 Å². The number of halogens is 1. The van der Waals surface area contributed by atoms with Crippen molar-refractivity contribution in [2.45, 2.75) is 12.5 Å². The standard InChI is InChI=1S/C16H17BrN4O/c17-10-1-2-13-12(5-10)15(19-18-13)16(22)21-7-9-6-20-4-3-11(9)14(21)8-20/h1-2,5,9,11,14H,3-4,6-8H2,(H,18,19)/t9-,11-,14-/m0/s1. The van der Waals surface area contributed by atoms with E-state index in [2.05, 4.69) is 35.9 Å². The molecule has 4 fully saturated rings. The van der Waals surface area contributed by atoms with Gasteiger partial charge in [0, 0.05) is 35.5 Å². The van der Waals surface area contributed by atoms with Crippen molar-refractivity contribution < 1.29 is 4.79 Å². The van der Waals surface area contributed by atoms with Crippen LogP contribution in [0.2, 0.25) is 0 Å². The van der Waals surface area contributed by atoms with Gasteiger partial charge in [-0.2, -0.15) is 5.10 Å². The first-order valence-corrected chi connectivity index (χ1v) is 8.67. The molecule has 0 saturated carbocycles. The van der Waals surface area contributed by atoms with Crippen LogP contribution in [0.5, 0.6) is 0 Å². The van der Waals surface area contributed by atoms with Gasteiger partial charge in [0.2, 0.25) is 0 Å². The summed E-state index contributed by atoms with van der Waals surface area (Å²) in [6.07, 6.45) is 1.24. The second kappa shape index (κ2) is 4.55. The Bertz CT molecular complexity index is 773. The minimum Gasteiger partial charge on any atom is -0.332 e. The van der Waals surface area contributed by atoms with Gasteiger partial charge in [0.05, 0.1) is 5.52 Å². The second-order valence-corrected chi connectivity index (χ2v) is 7.67. The molecule has 114 valence electrons. The van der Waals surface area contributed by atoms with Crippen molar-refractivity contribution >= 4 is 32.7 Å². The molecule has 0 radical (unpaired) electrons. The topological polar surface area (TPSA) is 52.2 Å². The van der Waals surface area contributed by atoms with E-state index >= 15 is 0 Å². The Labute approximate surface area is 136 Å². The van der Waals surface area contributed by atoms with Gasteiger partial charge in [-0.15, -0.1) is 0 Å². The van der Waals surface area contributed by atoms with Crippen molar-refractivity contribution in [3.05, 3.63) is 28.4 Å². The van der Waals surface area contributed by atoms with Gasteiger partial charge < -0.3 is 9.80 Å². The van der Waals surface area contributed by atoms with Crippen molar-refractivity contribution in [1.29, 1.82) is 0 Å². The van der Waals surface area contributed by atoms with Crippen LogP contribution in [0.3, 0.4) is 0 Å². The Morgan fingerprint density at radius 2 is 2.23 bits per heavy atom. The lowest BCUT2D eigenvalue weighted by Crippen LogP contribution is -2.54. The van der Waals surface area contributed by atoms with E-state index in [4.69, 9.17) is 0 Å². The van der Waals surface area contributed by atoms with E-state index in [-0.39, 0.29) is 5.91 Å². The molecular formula is C16H17BrN4O. The van der Waals surface area contributed by atoms with Gasteiger partial charge in [-0.3, -0.25) is 9.89 Å². The van der Waals surface area contributed by atoms with Gasteiger partial charge in [-0.05, 0) is 43.0 Å². The zero-order valence-corrected chi connectivity index (χ0v) is 13.7. The number of fused-ring (bicyclic) bond motifs is 2. The number of rotatable bonds is 1. The normalized spacial score (nSPS) is 32.9. The molecule has 2 aromatic rings. The molecule has 1 aromatic heterocycles. The SMILES string of the molecule is O=C(c1n[nH]c2ccc(Br)cc12)N1C[C@@H]2CN3CC[C@@H]2[C@@H]1C3. The number of likely N-dealkylation sites (tertiary alicyclic amines) is 1. The van der Waals surface area contributed by atoms with Crippen LogP contribution >= 0.6 is 15.9 Å². The molecule has 1 aromatic carbocycles. The number of aromatic amines is 1. The van der Waals surface area contributed by atoms with Crippen LogP contribution in [0.25, 0.3) is 10.9 Å². The number of amides is 1. The quantitative estimate of drug-likeness (QED) is 0.847. The minimum atomic E-state index is 0.0885. The molecule has 5 heterocycles. The van der Waals surface area contributed by atoms with Gasteiger partial charge >= 0.3 is 0 Å². The Balaban J connectivity index is 1.53. The summed E-state index contributed by atoms with van der Waals surface area (Å²) in [5.74, 6) is 1.45. The van der Waals surface area contributed by atoms with Crippen molar-refractivity contribution in [2.24, 2.45) is 11.8 Å². The van der Waals surface area contributed by atoms with Gasteiger partial charge in [0.1, 0.15) is 0 Å². The number of hydrogen-bond donors (Lipinski definition) is 1. The Kier molecular flexibility index (Phi) is 2.71. The number of aromatic nitrogens is 2. The van der Waals surface area contributed by atoms with Crippen LogP contribution in [-0.4, -0.2) is 58.1 Å². The van der Waals surface area contributed by atoms with Crippen molar-refractivity contribution in [1.82, 2.24) is 20.0 Å². The number of H-pyrrole nitrogens is 1. The summed E-state index contributed by atoms with van der Waals surface area (Å²) in [5, 5.41) is 8.20. The Morgan fingerprint density at radius 3 is 3.05 bits per heavy atom. The second-order valence-electron chi connectivity index (χ2n) is 6.76. The lowest BCUT2D eigenvalue weighted by molar-refractivity contribution is 0.0420. The number of nitrogens with one attached hydrogen (secondary N) is 1. The molecule has 4 aliphatic heterocycles. The molecule has 4 bridgehead atoms. The fraction of sp³-hybridized carbons (Fsp3) is 0.500. The summed E-state index contributed by atoms with van der Waals surface area (Å²) >= 11 is 3.48. The van der Waals surface area contributed by atoms with Crippen LogP contribution < -0.4 is 0 Å². The zero-order chi connectivity index (χ0) is 14.8. The molecule has 4 aliphatic rings. The largest absolute Gasteiger partial charge is 0.332 e. The molecule has 6 rings (SSSR count). The number of nitrogens with zero attached hydrogens (tertiary/aromatic N) is 3. The highest BCUT2D eigenvalue weighted by molar-refractivity contribution is 9.10. The van der Waals surface area contributed by atoms with E-state index in [0.29, 0.717) is 23.6 Å². The predicted octanol–water partition coefficient (Wildman–Crippen LogP) is 2.10. The fourth-order valence-corrected chi connectivity index (χ4v) is 4.99. The van der Waals surface area contributed by atoms with Crippen molar-refractivity contribution in [2.75, 3.05) is 26.2 Å². The molecule has 1 N–H and O–H groups in total. The molecule has 0 aliphatic carbocycles. The third kappa shape index (κ3) is 1.74. The lowest BCUT2D eigenvalue weighted by atomic mass is 9.80. The molecule has 1 amide bonds. The van der Waals surface area contributed by atoms with Crippen LogP contribution in [0.1, 0.15) is 16.9 Å². The zero-order valence-electron chi connectivity index (χ0n) is 12.1. The summed E-state index contributed by atoms with van der Waals surface area (Å²) in [7, 11) is 0. The Morgan fingerprint density at radius 1 is 1.32 bits per heavy atom. The highest BCUT2D eigenvalue weighted by Gasteiger charge is 2.51. The highest BCUT2D eigenvalue weighted by atomic mass is 79.9. The molecular weight excluding hydrogens is 344 g/mol. The summed E-state index contributed by atoms with van der Waals surface area (Å²) in [5.41, 5.74) is 1.48. The van der Waals surface area contributed by atoms with Crippen LogP contribution in [-0.2, 0) is 0 Å². The maximum Gasteiger partial charge on any atom is 0.275 e. The van der Waals surface area contributed by atoms with Crippen molar-refractivity contribution in [3.8, 4) is 0 Å². The number of carbonyl (C=O) groups excluding carboxylic acids is 1. The first-order chi connectivity index (χ1) is 10.7. The molecule has 4 saturated heterocycles. The van der Waals surface area contributed by atoms with E-state index in [1.807, 2.05) is 18.2 Å².